The van der Waals surface area contributed by atoms with Crippen molar-refractivity contribution in [2.75, 3.05) is 57.7 Å². The lowest BCUT2D eigenvalue weighted by atomic mass is 10.0. The number of urea groups is 1. The van der Waals surface area contributed by atoms with Crippen LogP contribution in [0.25, 0.3) is 5.69 Å². The Morgan fingerprint density at radius 1 is 0.949 bits per heavy atom. The molecule has 2 aromatic rings. The first kappa shape index (κ1) is 28.0. The van der Waals surface area contributed by atoms with Gasteiger partial charge in [0.2, 0.25) is 5.91 Å². The summed E-state index contributed by atoms with van der Waals surface area (Å²) >= 11 is 0. The molecule has 6 N–H and O–H groups in total. The first-order chi connectivity index (χ1) is 18.5. The van der Waals surface area contributed by atoms with Crippen molar-refractivity contribution in [2.45, 2.75) is 32.4 Å². The molecule has 2 saturated heterocycles. The third-order valence-electron chi connectivity index (χ3n) is 6.90. The quantitative estimate of drug-likeness (QED) is 0.295. The van der Waals surface area contributed by atoms with Crippen LogP contribution in [0.1, 0.15) is 25.8 Å². The van der Waals surface area contributed by atoms with Crippen LogP contribution in [0.2, 0.25) is 0 Å². The van der Waals surface area contributed by atoms with Gasteiger partial charge in [-0.25, -0.2) is 9.59 Å². The number of carbonyl (C=O) groups excluding carboxylic acids is 2. The Labute approximate surface area is 227 Å². The summed E-state index contributed by atoms with van der Waals surface area (Å²) in [5.41, 5.74) is 12.2. The molecule has 0 saturated carbocycles. The minimum Gasteiger partial charge on any atom is -0.370 e. The predicted octanol–water partition coefficient (Wildman–Crippen LogP) is 0.0471. The minimum absolute atomic E-state index is 0.0200. The van der Waals surface area contributed by atoms with Crippen LogP contribution in [0.15, 0.2) is 41.3 Å². The molecule has 39 heavy (non-hydrogen) atoms. The van der Waals surface area contributed by atoms with E-state index >= 15 is 0 Å². The molecule has 0 spiro atoms. The highest BCUT2D eigenvalue weighted by atomic mass is 16.2. The molecule has 2 aliphatic heterocycles. The molecule has 3 heterocycles. The van der Waals surface area contributed by atoms with E-state index in [-0.39, 0.29) is 30.1 Å². The van der Waals surface area contributed by atoms with Gasteiger partial charge in [-0.2, -0.15) is 4.98 Å². The molecule has 2 fully saturated rings. The molecule has 13 heteroatoms. The van der Waals surface area contributed by atoms with E-state index in [1.807, 2.05) is 43.0 Å². The van der Waals surface area contributed by atoms with Crippen LogP contribution in [-0.4, -0.2) is 105 Å². The number of hydrogen-bond acceptors (Lipinski definition) is 7. The Morgan fingerprint density at radius 3 is 2.10 bits per heavy atom. The molecule has 210 valence electrons. The summed E-state index contributed by atoms with van der Waals surface area (Å²) in [6, 6.07) is 8.93. The summed E-state index contributed by atoms with van der Waals surface area (Å²) < 4.78 is 1.42. The van der Waals surface area contributed by atoms with E-state index in [4.69, 9.17) is 16.9 Å². The molecule has 0 bridgehead atoms. The van der Waals surface area contributed by atoms with E-state index in [9.17, 15) is 14.4 Å². The zero-order valence-corrected chi connectivity index (χ0v) is 22.6. The second-order valence-electron chi connectivity index (χ2n) is 10.7. The maximum Gasteiger partial charge on any atom is 0.354 e. The van der Waals surface area contributed by atoms with Gasteiger partial charge in [0.1, 0.15) is 5.82 Å². The van der Waals surface area contributed by atoms with Crippen molar-refractivity contribution in [3.63, 3.8) is 0 Å². The Hall–Kier alpha value is -3.97. The third-order valence-corrected chi connectivity index (χ3v) is 6.90. The second kappa shape index (κ2) is 11.8. The van der Waals surface area contributed by atoms with Gasteiger partial charge in [-0.3, -0.25) is 25.0 Å². The molecule has 0 aliphatic carbocycles. The molecule has 1 aromatic carbocycles. The van der Waals surface area contributed by atoms with Gasteiger partial charge in [-0.1, -0.05) is 12.1 Å². The highest BCUT2D eigenvalue weighted by Gasteiger charge is 2.27. The number of aromatic nitrogens is 2. The Kier molecular flexibility index (Phi) is 8.51. The van der Waals surface area contributed by atoms with Crippen LogP contribution in [-0.2, 0) is 11.3 Å². The zero-order chi connectivity index (χ0) is 28.2. The van der Waals surface area contributed by atoms with Gasteiger partial charge in [0, 0.05) is 77.1 Å². The van der Waals surface area contributed by atoms with E-state index in [0.717, 1.165) is 38.3 Å². The van der Waals surface area contributed by atoms with Crippen molar-refractivity contribution in [2.24, 2.45) is 11.5 Å². The number of nitrogens with zero attached hydrogens (tertiary/aromatic N) is 6. The number of nitrogens with two attached hydrogens (primary N) is 2. The summed E-state index contributed by atoms with van der Waals surface area (Å²) in [6.45, 7) is 9.18. The van der Waals surface area contributed by atoms with Crippen LogP contribution in [0.5, 0.6) is 0 Å². The lowest BCUT2D eigenvalue weighted by molar-refractivity contribution is -0.133. The van der Waals surface area contributed by atoms with Gasteiger partial charge in [0.25, 0.3) is 0 Å². The lowest BCUT2D eigenvalue weighted by Gasteiger charge is -2.35. The number of piperazine rings is 2. The average molecular weight is 539 g/mol. The Morgan fingerprint density at radius 2 is 1.54 bits per heavy atom. The Balaban J connectivity index is 1.29. The topological polar surface area (TPSA) is 170 Å². The summed E-state index contributed by atoms with van der Waals surface area (Å²) in [5, 5.41) is 10.2. The predicted molar refractivity (Wildman–Crippen MR) is 149 cm³/mol. The van der Waals surface area contributed by atoms with Crippen molar-refractivity contribution in [1.82, 2.24) is 29.2 Å². The molecule has 1 aromatic heterocycles. The first-order valence-electron chi connectivity index (χ1n) is 13.1. The van der Waals surface area contributed by atoms with E-state index in [0.29, 0.717) is 31.9 Å². The molecule has 3 amide bonds. The van der Waals surface area contributed by atoms with Crippen LogP contribution in [0, 0.1) is 5.41 Å². The number of rotatable bonds is 6. The summed E-state index contributed by atoms with van der Waals surface area (Å²) in [4.78, 5) is 49.3. The highest BCUT2D eigenvalue weighted by Crippen LogP contribution is 2.14. The van der Waals surface area contributed by atoms with Crippen molar-refractivity contribution < 1.29 is 9.59 Å². The van der Waals surface area contributed by atoms with Crippen LogP contribution in [0.3, 0.4) is 0 Å². The SMILES string of the molecule is CC(C)(N)CC(=O)N1CCN(C(=O)Nc2ccn(-c3ccc(CN4CCN(C(=N)N)CC4)cc3)c(=O)n2)CC1. The molecule has 4 rings (SSSR count). The fraction of sp³-hybridized carbons (Fsp3) is 0.500. The number of carbonyl (C=O) groups is 2. The molecule has 0 atom stereocenters. The van der Waals surface area contributed by atoms with Crippen molar-refractivity contribution in [1.29, 1.82) is 5.41 Å². The normalized spacial score (nSPS) is 16.7. The van der Waals surface area contributed by atoms with Crippen LogP contribution >= 0.6 is 0 Å². The smallest absolute Gasteiger partial charge is 0.354 e. The maximum absolute atomic E-state index is 12.7. The monoisotopic (exact) mass is 538 g/mol. The van der Waals surface area contributed by atoms with Crippen molar-refractivity contribution in [3.05, 3.63) is 52.6 Å². The minimum atomic E-state index is -0.576. The van der Waals surface area contributed by atoms with Crippen LogP contribution in [0.4, 0.5) is 10.6 Å². The fourth-order valence-electron chi connectivity index (χ4n) is 4.69. The molecule has 0 radical (unpaired) electrons. The molecule has 13 nitrogen and oxygen atoms in total. The number of guanidine groups is 1. The molecular formula is C26H38N10O3. The van der Waals surface area contributed by atoms with E-state index in [1.165, 1.54) is 4.57 Å². The van der Waals surface area contributed by atoms with Crippen molar-refractivity contribution in [3.8, 4) is 5.69 Å². The van der Waals surface area contributed by atoms with Crippen LogP contribution < -0.4 is 22.5 Å². The number of hydrogen-bond donors (Lipinski definition) is 4. The molecule has 2 aliphatic rings. The summed E-state index contributed by atoms with van der Waals surface area (Å²) in [5.74, 6) is 0.266. The van der Waals surface area contributed by atoms with Gasteiger partial charge in [0.05, 0.1) is 5.69 Å². The first-order valence-corrected chi connectivity index (χ1v) is 13.1. The van der Waals surface area contributed by atoms with Crippen molar-refractivity contribution >= 4 is 23.7 Å². The molecular weight excluding hydrogens is 500 g/mol. The largest absolute Gasteiger partial charge is 0.370 e. The second-order valence-corrected chi connectivity index (χ2v) is 10.7. The summed E-state index contributed by atoms with van der Waals surface area (Å²) in [7, 11) is 0. The highest BCUT2D eigenvalue weighted by molar-refractivity contribution is 5.88. The van der Waals surface area contributed by atoms with Gasteiger partial charge in [0.15, 0.2) is 5.96 Å². The standard InChI is InChI=1S/C26H38N10O3/c1-26(2,29)17-22(37)33-13-15-35(16-14-33)24(38)30-21-7-8-36(25(39)31-21)20-5-3-19(4-6-20)18-32-9-11-34(12-10-32)23(27)28/h3-8H,9-18,29H2,1-2H3,(H3,27,28)(H,30,31,38,39). The number of amides is 3. The van der Waals surface area contributed by atoms with E-state index in [2.05, 4.69) is 15.2 Å². The van der Waals surface area contributed by atoms with Gasteiger partial charge in [-0.15, -0.1) is 0 Å². The van der Waals surface area contributed by atoms with E-state index in [1.54, 1.807) is 22.1 Å². The van der Waals surface area contributed by atoms with Gasteiger partial charge >= 0.3 is 11.7 Å². The molecule has 0 unspecified atom stereocenters. The number of nitrogens with one attached hydrogen (secondary N) is 2. The fourth-order valence-corrected chi connectivity index (χ4v) is 4.69. The zero-order valence-electron chi connectivity index (χ0n) is 22.6. The lowest BCUT2D eigenvalue weighted by Crippen LogP contribution is -2.53. The maximum atomic E-state index is 12.7. The number of benzene rings is 1. The Bertz CT molecular complexity index is 1240. The average Bonchev–Trinajstić information content (AvgIpc) is 2.89. The number of anilines is 1. The van der Waals surface area contributed by atoms with E-state index < -0.39 is 11.2 Å². The third kappa shape index (κ3) is 7.54. The van der Waals surface area contributed by atoms with Gasteiger partial charge < -0.3 is 26.2 Å². The van der Waals surface area contributed by atoms with Gasteiger partial charge in [-0.05, 0) is 37.6 Å². The summed E-state index contributed by atoms with van der Waals surface area (Å²) in [6.07, 6.45) is 1.84.